The highest BCUT2D eigenvalue weighted by Crippen LogP contribution is 2.35. The fourth-order valence-corrected chi connectivity index (χ4v) is 5.97. The van der Waals surface area contributed by atoms with Gasteiger partial charge in [-0.2, -0.15) is 19.5 Å². The standard InChI is InChI=1S/C25H25F2N9O2/c26-15-6-5-14(18(27)9-15)11-33-12-17-10-16(33)13-35(17)22(37)19-3-1-7-34(19)24-30-23(28)36-25(31-24)29-21(32-36)20-4-2-8-38-20/h2,4-6,8-9,16-17,19H,1,3,7,10-13H2,(H2,28,29,30,31,32)/t16-,17-,19-/m0/s1. The molecule has 3 aromatic heterocycles. The van der Waals surface area contributed by atoms with E-state index in [0.717, 1.165) is 18.9 Å². The van der Waals surface area contributed by atoms with Crippen molar-refractivity contribution in [2.45, 2.75) is 43.9 Å². The average Bonchev–Trinajstić information content (AvgIpc) is 3.72. The van der Waals surface area contributed by atoms with Crippen LogP contribution in [0.4, 0.5) is 20.7 Å². The minimum atomic E-state index is -0.584. The first-order valence-corrected chi connectivity index (χ1v) is 12.6. The molecular formula is C25H25F2N9O2. The van der Waals surface area contributed by atoms with E-state index in [1.54, 1.807) is 12.1 Å². The van der Waals surface area contributed by atoms with Crippen molar-refractivity contribution in [1.82, 2.24) is 34.4 Å². The SMILES string of the molecule is Nc1nc(N2CCC[C@H]2C(=O)N2C[C@@H]3C[C@H]2CN3Cc2ccc(F)cc2F)nc2nc(-c3ccco3)nn12. The quantitative estimate of drug-likeness (QED) is 0.421. The molecular weight excluding hydrogens is 496 g/mol. The molecule has 3 fully saturated rings. The number of carbonyl (C=O) groups is 1. The predicted octanol–water partition coefficient (Wildman–Crippen LogP) is 2.09. The smallest absolute Gasteiger partial charge is 0.259 e. The number of benzene rings is 1. The molecule has 3 aliphatic rings. The number of fused-ring (bicyclic) bond motifs is 3. The first-order valence-electron chi connectivity index (χ1n) is 12.6. The van der Waals surface area contributed by atoms with Crippen LogP contribution in [0, 0.1) is 11.6 Å². The van der Waals surface area contributed by atoms with Gasteiger partial charge in [0, 0.05) is 49.9 Å². The number of carbonyl (C=O) groups excluding carboxylic acids is 1. The number of nitrogen functional groups attached to an aromatic ring is 1. The molecule has 1 amide bonds. The van der Waals surface area contributed by atoms with E-state index in [9.17, 15) is 13.6 Å². The molecule has 3 aliphatic heterocycles. The number of amides is 1. The van der Waals surface area contributed by atoms with E-state index in [1.807, 2.05) is 9.80 Å². The van der Waals surface area contributed by atoms with Crippen LogP contribution >= 0.6 is 0 Å². The van der Waals surface area contributed by atoms with Gasteiger partial charge in [0.05, 0.1) is 6.26 Å². The maximum Gasteiger partial charge on any atom is 0.259 e. The number of hydrogen-bond donors (Lipinski definition) is 1. The van der Waals surface area contributed by atoms with Gasteiger partial charge in [0.1, 0.15) is 17.7 Å². The molecule has 2 bridgehead atoms. The van der Waals surface area contributed by atoms with Gasteiger partial charge >= 0.3 is 0 Å². The summed E-state index contributed by atoms with van der Waals surface area (Å²) in [6.45, 7) is 2.26. The predicted molar refractivity (Wildman–Crippen MR) is 132 cm³/mol. The van der Waals surface area contributed by atoms with Crippen molar-refractivity contribution in [3.63, 3.8) is 0 Å². The van der Waals surface area contributed by atoms with Crippen LogP contribution in [0.5, 0.6) is 0 Å². The minimum Gasteiger partial charge on any atom is -0.461 e. The number of piperazine rings is 1. The highest BCUT2D eigenvalue weighted by molar-refractivity contribution is 5.86. The minimum absolute atomic E-state index is 0.0439. The summed E-state index contributed by atoms with van der Waals surface area (Å²) >= 11 is 0. The molecule has 2 N–H and O–H groups in total. The van der Waals surface area contributed by atoms with Gasteiger partial charge in [0.15, 0.2) is 5.76 Å². The Morgan fingerprint density at radius 2 is 2.03 bits per heavy atom. The largest absolute Gasteiger partial charge is 0.461 e. The van der Waals surface area contributed by atoms with Crippen LogP contribution < -0.4 is 10.6 Å². The number of anilines is 2. The van der Waals surface area contributed by atoms with Crippen LogP contribution in [0.2, 0.25) is 0 Å². The summed E-state index contributed by atoms with van der Waals surface area (Å²) in [5, 5.41) is 4.33. The maximum atomic E-state index is 14.2. The van der Waals surface area contributed by atoms with E-state index in [0.29, 0.717) is 55.7 Å². The Bertz CT molecular complexity index is 1520. The zero-order chi connectivity index (χ0) is 26.0. The lowest BCUT2D eigenvalue weighted by Gasteiger charge is -2.37. The van der Waals surface area contributed by atoms with E-state index in [4.69, 9.17) is 10.2 Å². The summed E-state index contributed by atoms with van der Waals surface area (Å²) in [5.41, 5.74) is 6.65. The lowest BCUT2D eigenvalue weighted by Crippen LogP contribution is -2.53. The van der Waals surface area contributed by atoms with Crippen molar-refractivity contribution in [3.05, 3.63) is 53.8 Å². The van der Waals surface area contributed by atoms with Crippen molar-refractivity contribution in [1.29, 1.82) is 0 Å². The van der Waals surface area contributed by atoms with Crippen molar-refractivity contribution in [2.75, 3.05) is 30.3 Å². The molecule has 6 heterocycles. The van der Waals surface area contributed by atoms with E-state index >= 15 is 0 Å². The Morgan fingerprint density at radius 1 is 1.13 bits per heavy atom. The third-order valence-corrected chi connectivity index (χ3v) is 7.78. The number of furan rings is 1. The van der Waals surface area contributed by atoms with Gasteiger partial charge in [-0.15, -0.1) is 5.10 Å². The highest BCUT2D eigenvalue weighted by Gasteiger charge is 2.48. The lowest BCUT2D eigenvalue weighted by molar-refractivity contribution is -0.134. The number of aromatic nitrogens is 5. The van der Waals surface area contributed by atoms with Crippen molar-refractivity contribution >= 4 is 23.6 Å². The number of likely N-dealkylation sites (tertiary alicyclic amines) is 2. The van der Waals surface area contributed by atoms with E-state index in [1.165, 1.54) is 22.9 Å². The average molecular weight is 522 g/mol. The van der Waals surface area contributed by atoms with Gasteiger partial charge in [-0.05, 0) is 37.5 Å². The zero-order valence-electron chi connectivity index (χ0n) is 20.4. The first kappa shape index (κ1) is 23.0. The topological polar surface area (TPSA) is 122 Å². The second-order valence-corrected chi connectivity index (χ2v) is 10.1. The number of nitrogens with two attached hydrogens (primary N) is 1. The number of rotatable bonds is 5. The van der Waals surface area contributed by atoms with Crippen LogP contribution in [0.3, 0.4) is 0 Å². The second-order valence-electron chi connectivity index (χ2n) is 10.1. The van der Waals surface area contributed by atoms with Crippen LogP contribution in [0.15, 0.2) is 41.0 Å². The Morgan fingerprint density at radius 3 is 2.79 bits per heavy atom. The molecule has 0 spiro atoms. The van der Waals surface area contributed by atoms with Crippen LogP contribution in [0.1, 0.15) is 24.8 Å². The molecule has 7 rings (SSSR count). The van der Waals surface area contributed by atoms with E-state index < -0.39 is 17.7 Å². The molecule has 3 atom stereocenters. The van der Waals surface area contributed by atoms with Gasteiger partial charge in [0.25, 0.3) is 5.78 Å². The summed E-state index contributed by atoms with van der Waals surface area (Å²) in [5.74, 6) is 0.510. The molecule has 196 valence electrons. The molecule has 0 radical (unpaired) electrons. The molecule has 0 unspecified atom stereocenters. The summed E-state index contributed by atoms with van der Waals surface area (Å²) in [6, 6.07) is 6.97. The Labute approximate surface area is 215 Å². The fraction of sp³-hybridized carbons (Fsp3) is 0.400. The third-order valence-electron chi connectivity index (χ3n) is 7.78. The molecule has 4 aromatic rings. The summed E-state index contributed by atoms with van der Waals surface area (Å²) in [4.78, 5) is 33.2. The number of nitrogens with zero attached hydrogens (tertiary/aromatic N) is 8. The van der Waals surface area contributed by atoms with Gasteiger partial charge in [-0.3, -0.25) is 9.69 Å². The van der Waals surface area contributed by atoms with E-state index in [-0.39, 0.29) is 29.7 Å². The summed E-state index contributed by atoms with van der Waals surface area (Å²) < 4.78 is 34.2. The molecule has 13 heteroatoms. The third kappa shape index (κ3) is 3.76. The molecule has 3 saturated heterocycles. The van der Waals surface area contributed by atoms with Crippen LogP contribution in [-0.4, -0.2) is 78.0 Å². The van der Waals surface area contributed by atoms with Gasteiger partial charge in [-0.1, -0.05) is 6.07 Å². The zero-order valence-corrected chi connectivity index (χ0v) is 20.4. The number of halogens is 2. The normalized spacial score (nSPS) is 23.3. The number of hydrogen-bond acceptors (Lipinski definition) is 9. The van der Waals surface area contributed by atoms with Gasteiger partial charge in [-0.25, -0.2) is 8.78 Å². The Balaban J connectivity index is 1.08. The Hall–Kier alpha value is -4.13. The maximum absolute atomic E-state index is 14.2. The van der Waals surface area contributed by atoms with Crippen LogP contribution in [0.25, 0.3) is 17.4 Å². The fourth-order valence-electron chi connectivity index (χ4n) is 5.97. The molecule has 11 nitrogen and oxygen atoms in total. The van der Waals surface area contributed by atoms with Crippen molar-refractivity contribution in [3.8, 4) is 11.6 Å². The Kier molecular flexibility index (Phi) is 5.28. The molecule has 0 saturated carbocycles. The summed E-state index contributed by atoms with van der Waals surface area (Å²) in [6.07, 6.45) is 3.89. The second kappa shape index (κ2) is 8.72. The van der Waals surface area contributed by atoms with Crippen molar-refractivity contribution in [2.24, 2.45) is 0 Å². The summed E-state index contributed by atoms with van der Waals surface area (Å²) in [7, 11) is 0. The highest BCUT2D eigenvalue weighted by atomic mass is 19.1. The van der Waals surface area contributed by atoms with E-state index in [2.05, 4.69) is 25.0 Å². The van der Waals surface area contributed by atoms with Crippen molar-refractivity contribution < 1.29 is 18.0 Å². The van der Waals surface area contributed by atoms with Gasteiger partial charge in [0.2, 0.25) is 23.6 Å². The monoisotopic (exact) mass is 521 g/mol. The molecule has 1 aromatic carbocycles. The molecule has 0 aliphatic carbocycles. The lowest BCUT2D eigenvalue weighted by atomic mass is 10.1. The molecule has 38 heavy (non-hydrogen) atoms. The van der Waals surface area contributed by atoms with Crippen LogP contribution in [-0.2, 0) is 11.3 Å². The first-order chi connectivity index (χ1) is 18.4. The van der Waals surface area contributed by atoms with Gasteiger partial charge < -0.3 is 20.0 Å².